The number of nitrogens with zero attached hydrogens (tertiary/aromatic N) is 2. The molecule has 0 saturated heterocycles. The minimum atomic E-state index is -0.455. The van der Waals surface area contributed by atoms with Gasteiger partial charge in [-0.05, 0) is 24.3 Å². The summed E-state index contributed by atoms with van der Waals surface area (Å²) in [5, 5.41) is 0.918. The van der Waals surface area contributed by atoms with Crippen molar-refractivity contribution in [3.8, 4) is 11.4 Å². The van der Waals surface area contributed by atoms with Crippen LogP contribution in [0.15, 0.2) is 54.7 Å². The zero-order chi connectivity index (χ0) is 15.1. The number of fused-ring (bicyclic) bond motifs is 2. The van der Waals surface area contributed by atoms with E-state index in [2.05, 4.69) is 15.0 Å². The van der Waals surface area contributed by atoms with Gasteiger partial charge in [0.1, 0.15) is 5.69 Å². The van der Waals surface area contributed by atoms with E-state index in [1.165, 1.54) is 0 Å². The van der Waals surface area contributed by atoms with E-state index in [1.54, 1.807) is 12.3 Å². The van der Waals surface area contributed by atoms with Crippen LogP contribution in [0.4, 0.5) is 0 Å². The average Bonchev–Trinajstić information content (AvgIpc) is 2.98. The number of carbonyl (C=O) groups is 1. The number of nitrogens with two attached hydrogens (primary N) is 1. The minimum absolute atomic E-state index is 0.455. The second-order valence-corrected chi connectivity index (χ2v) is 5.06. The smallest absolute Gasteiger partial charge is 0.250 e. The highest BCUT2D eigenvalue weighted by molar-refractivity contribution is 6.06. The molecule has 0 unspecified atom stereocenters. The second-order valence-electron chi connectivity index (χ2n) is 5.06. The number of hydrogen-bond acceptors (Lipinski definition) is 3. The van der Waals surface area contributed by atoms with Crippen molar-refractivity contribution in [3.05, 3.63) is 60.3 Å². The van der Waals surface area contributed by atoms with E-state index in [1.807, 2.05) is 42.5 Å². The third-order valence-corrected chi connectivity index (χ3v) is 3.65. The predicted octanol–water partition coefficient (Wildman–Crippen LogP) is 2.88. The van der Waals surface area contributed by atoms with Gasteiger partial charge in [0.2, 0.25) is 0 Å². The molecule has 0 fully saturated rings. The van der Waals surface area contributed by atoms with E-state index >= 15 is 0 Å². The molecule has 22 heavy (non-hydrogen) atoms. The number of carbonyl (C=O) groups excluding carboxylic acids is 1. The summed E-state index contributed by atoms with van der Waals surface area (Å²) in [6.45, 7) is 0. The quantitative estimate of drug-likeness (QED) is 0.594. The summed E-state index contributed by atoms with van der Waals surface area (Å²) in [4.78, 5) is 23.7. The minimum Gasteiger partial charge on any atom is -0.366 e. The van der Waals surface area contributed by atoms with E-state index < -0.39 is 5.91 Å². The average molecular weight is 288 g/mol. The molecule has 0 aliphatic heterocycles. The molecule has 5 nitrogen and oxygen atoms in total. The molecular formula is C17H12N4O. The van der Waals surface area contributed by atoms with E-state index in [4.69, 9.17) is 5.73 Å². The van der Waals surface area contributed by atoms with Gasteiger partial charge in [-0.15, -0.1) is 0 Å². The number of H-pyrrole nitrogens is 1. The zero-order valence-electron chi connectivity index (χ0n) is 11.6. The van der Waals surface area contributed by atoms with Crippen LogP contribution in [0.2, 0.25) is 0 Å². The monoisotopic (exact) mass is 288 g/mol. The van der Waals surface area contributed by atoms with E-state index in [9.17, 15) is 4.79 Å². The first-order valence-corrected chi connectivity index (χ1v) is 6.86. The van der Waals surface area contributed by atoms with Gasteiger partial charge in [0, 0.05) is 5.39 Å². The molecule has 0 aliphatic carbocycles. The zero-order valence-corrected chi connectivity index (χ0v) is 11.6. The Kier molecular flexibility index (Phi) is 2.66. The van der Waals surface area contributed by atoms with Crippen LogP contribution in [0.5, 0.6) is 0 Å². The number of aromatic nitrogens is 3. The molecule has 0 spiro atoms. The van der Waals surface area contributed by atoms with Crippen molar-refractivity contribution in [3.63, 3.8) is 0 Å². The summed E-state index contributed by atoms with van der Waals surface area (Å²) in [6.07, 6.45) is 1.72. The summed E-state index contributed by atoms with van der Waals surface area (Å²) in [5.74, 6) is -0.455. The fourth-order valence-corrected chi connectivity index (χ4v) is 2.59. The first-order valence-electron chi connectivity index (χ1n) is 6.86. The predicted molar refractivity (Wildman–Crippen MR) is 85.3 cm³/mol. The first kappa shape index (κ1) is 12.5. The maximum Gasteiger partial charge on any atom is 0.250 e. The normalized spacial score (nSPS) is 11.1. The molecular weight excluding hydrogens is 276 g/mol. The van der Waals surface area contributed by atoms with Crippen LogP contribution in [0.1, 0.15) is 10.4 Å². The molecule has 1 amide bonds. The van der Waals surface area contributed by atoms with Crippen molar-refractivity contribution < 1.29 is 4.79 Å². The molecule has 0 atom stereocenters. The Morgan fingerprint density at radius 2 is 1.86 bits per heavy atom. The second kappa shape index (κ2) is 4.66. The lowest BCUT2D eigenvalue weighted by Crippen LogP contribution is -2.11. The topological polar surface area (TPSA) is 84.7 Å². The van der Waals surface area contributed by atoms with Crippen LogP contribution < -0.4 is 5.73 Å². The fraction of sp³-hybridized carbons (Fsp3) is 0. The largest absolute Gasteiger partial charge is 0.366 e. The van der Waals surface area contributed by atoms with Gasteiger partial charge >= 0.3 is 0 Å². The highest BCUT2D eigenvalue weighted by Gasteiger charge is 2.11. The van der Waals surface area contributed by atoms with Gasteiger partial charge in [-0.1, -0.05) is 24.3 Å². The van der Waals surface area contributed by atoms with Crippen LogP contribution in [0.3, 0.4) is 0 Å². The van der Waals surface area contributed by atoms with Crippen molar-refractivity contribution in [2.75, 3.05) is 0 Å². The van der Waals surface area contributed by atoms with E-state index in [0.29, 0.717) is 5.56 Å². The molecule has 4 aromatic rings. The van der Waals surface area contributed by atoms with Crippen molar-refractivity contribution in [1.82, 2.24) is 15.0 Å². The highest BCUT2D eigenvalue weighted by Crippen LogP contribution is 2.25. The van der Waals surface area contributed by atoms with Gasteiger partial charge in [0.05, 0.1) is 34.0 Å². The summed E-state index contributed by atoms with van der Waals surface area (Å²) in [5.41, 5.74) is 9.82. The molecule has 4 rings (SSSR count). The van der Waals surface area contributed by atoms with Gasteiger partial charge in [0.25, 0.3) is 5.91 Å². The lowest BCUT2D eigenvalue weighted by atomic mass is 10.1. The van der Waals surface area contributed by atoms with E-state index in [0.717, 1.165) is 33.3 Å². The molecule has 0 bridgehead atoms. The van der Waals surface area contributed by atoms with Crippen LogP contribution in [0.25, 0.3) is 33.3 Å². The Bertz CT molecular complexity index is 1020. The fourth-order valence-electron chi connectivity index (χ4n) is 2.59. The Morgan fingerprint density at radius 3 is 2.68 bits per heavy atom. The molecule has 0 aliphatic rings. The lowest BCUT2D eigenvalue weighted by Gasteiger charge is -2.00. The third kappa shape index (κ3) is 1.91. The standard InChI is InChI=1S/C17H12N4O/c18-17(22)11-5-3-4-10-8-14(21-16(10)11)15-9-19-12-6-1-2-7-13(12)20-15/h1-9,21H,(H2,18,22). The molecule has 3 N–H and O–H groups in total. The van der Waals surface area contributed by atoms with Gasteiger partial charge < -0.3 is 10.7 Å². The maximum absolute atomic E-state index is 11.5. The number of hydrogen-bond donors (Lipinski definition) is 2. The Labute approximate surface area is 125 Å². The SMILES string of the molecule is NC(=O)c1cccc2cc(-c3cnc4ccccc4n3)[nH]c12. The van der Waals surface area contributed by atoms with Crippen LogP contribution in [-0.4, -0.2) is 20.9 Å². The van der Waals surface area contributed by atoms with Crippen LogP contribution >= 0.6 is 0 Å². The van der Waals surface area contributed by atoms with Crippen molar-refractivity contribution in [1.29, 1.82) is 0 Å². The molecule has 106 valence electrons. The van der Waals surface area contributed by atoms with Gasteiger partial charge in [-0.3, -0.25) is 9.78 Å². The number of para-hydroxylation sites is 3. The number of rotatable bonds is 2. The Hall–Kier alpha value is -3.21. The number of nitrogens with one attached hydrogen (secondary N) is 1. The molecule has 0 radical (unpaired) electrons. The summed E-state index contributed by atoms with van der Waals surface area (Å²) < 4.78 is 0. The number of amides is 1. The van der Waals surface area contributed by atoms with Crippen molar-refractivity contribution >= 4 is 27.8 Å². The van der Waals surface area contributed by atoms with Crippen LogP contribution in [0, 0.1) is 0 Å². The molecule has 0 saturated carbocycles. The first-order chi connectivity index (χ1) is 10.7. The molecule has 5 heteroatoms. The molecule has 2 aromatic heterocycles. The molecule has 2 heterocycles. The highest BCUT2D eigenvalue weighted by atomic mass is 16.1. The summed E-state index contributed by atoms with van der Waals surface area (Å²) >= 11 is 0. The van der Waals surface area contributed by atoms with E-state index in [-0.39, 0.29) is 0 Å². The van der Waals surface area contributed by atoms with Crippen molar-refractivity contribution in [2.45, 2.75) is 0 Å². The van der Waals surface area contributed by atoms with Crippen molar-refractivity contribution in [2.24, 2.45) is 5.73 Å². The Balaban J connectivity index is 1.92. The molecule has 2 aromatic carbocycles. The number of aromatic amines is 1. The van der Waals surface area contributed by atoms with Gasteiger partial charge in [-0.2, -0.15) is 0 Å². The maximum atomic E-state index is 11.5. The van der Waals surface area contributed by atoms with Gasteiger partial charge in [0.15, 0.2) is 0 Å². The Morgan fingerprint density at radius 1 is 1.05 bits per heavy atom. The number of benzene rings is 2. The lowest BCUT2D eigenvalue weighted by molar-refractivity contribution is 0.100. The van der Waals surface area contributed by atoms with Crippen LogP contribution in [-0.2, 0) is 0 Å². The summed E-state index contributed by atoms with van der Waals surface area (Å²) in [6, 6.07) is 15.1. The number of primary amides is 1. The summed E-state index contributed by atoms with van der Waals surface area (Å²) in [7, 11) is 0. The third-order valence-electron chi connectivity index (χ3n) is 3.65. The van der Waals surface area contributed by atoms with Gasteiger partial charge in [-0.25, -0.2) is 4.98 Å².